The molecule has 0 bridgehead atoms. The summed E-state index contributed by atoms with van der Waals surface area (Å²) >= 11 is 0. The van der Waals surface area contributed by atoms with Gasteiger partial charge >= 0.3 is 0 Å². The minimum Gasteiger partial charge on any atom is -0.345 e. The number of imidazole rings is 1. The minimum absolute atomic E-state index is 0.654. The van der Waals surface area contributed by atoms with Gasteiger partial charge in [0.25, 0.3) is 0 Å². The molecular weight excluding hydrogens is 236 g/mol. The summed E-state index contributed by atoms with van der Waals surface area (Å²) in [5.74, 6) is 0. The Hall–Kier alpha value is -1.07. The van der Waals surface area contributed by atoms with Gasteiger partial charge in [0.1, 0.15) is 0 Å². The van der Waals surface area contributed by atoms with E-state index in [0.29, 0.717) is 5.56 Å². The predicted octanol–water partition coefficient (Wildman–Crippen LogP) is 2.19. The normalized spacial score (nSPS) is 14.3. The smallest absolute Gasteiger partial charge is 0.239 e. The van der Waals surface area contributed by atoms with Gasteiger partial charge in [-0.25, -0.2) is 13.4 Å². The van der Waals surface area contributed by atoms with Gasteiger partial charge in [-0.1, -0.05) is 6.07 Å². The third-order valence-electron chi connectivity index (χ3n) is 2.34. The molecule has 15 heavy (non-hydrogen) atoms. The third-order valence-corrected chi connectivity index (χ3v) is 4.25. The molecule has 1 N–H and O–H groups in total. The molecule has 1 atom stereocenters. The number of nitrogens with one attached hydrogen (secondary N) is 1. The van der Waals surface area contributed by atoms with E-state index in [-0.39, 0.29) is 0 Å². The molecule has 0 spiro atoms. The van der Waals surface area contributed by atoms with Crippen molar-refractivity contribution in [2.45, 2.75) is 12.2 Å². The van der Waals surface area contributed by atoms with Crippen LogP contribution in [0.2, 0.25) is 0 Å². The summed E-state index contributed by atoms with van der Waals surface area (Å²) in [6, 6.07) is 5.22. The first kappa shape index (κ1) is 10.4. The van der Waals surface area contributed by atoms with Crippen molar-refractivity contribution in [2.24, 2.45) is 0 Å². The maximum Gasteiger partial charge on any atom is 0.239 e. The van der Waals surface area contributed by atoms with Crippen LogP contribution in [0.25, 0.3) is 11.0 Å². The summed E-state index contributed by atoms with van der Waals surface area (Å²) in [5, 5.41) is -0.716. The molecule has 0 amide bonds. The molecule has 4 nitrogen and oxygen atoms in total. The maximum absolute atomic E-state index is 11.1. The highest BCUT2D eigenvalue weighted by Gasteiger charge is 2.19. The summed E-state index contributed by atoms with van der Waals surface area (Å²) in [6.07, 6.45) is 1.56. The Morgan fingerprint density at radius 3 is 2.87 bits per heavy atom. The van der Waals surface area contributed by atoms with Gasteiger partial charge in [0, 0.05) is 10.7 Å². The van der Waals surface area contributed by atoms with Crippen molar-refractivity contribution in [3.8, 4) is 0 Å². The van der Waals surface area contributed by atoms with Crippen molar-refractivity contribution in [1.29, 1.82) is 0 Å². The molecule has 80 valence electrons. The Balaban J connectivity index is 2.53. The number of rotatable bonds is 2. The number of aromatic amines is 1. The van der Waals surface area contributed by atoms with Gasteiger partial charge in [-0.2, -0.15) is 0 Å². The molecule has 0 radical (unpaired) electrons. The Morgan fingerprint density at radius 1 is 1.47 bits per heavy atom. The van der Waals surface area contributed by atoms with Crippen LogP contribution >= 0.6 is 10.7 Å². The zero-order valence-corrected chi connectivity index (χ0v) is 9.51. The Labute approximate surface area is 91.7 Å². The van der Waals surface area contributed by atoms with E-state index >= 15 is 0 Å². The SMILES string of the molecule is CC(c1ccc2nc[nH]c2c1)S(=O)(=O)Cl. The lowest BCUT2D eigenvalue weighted by Crippen LogP contribution is -2.02. The Kier molecular flexibility index (Phi) is 2.44. The van der Waals surface area contributed by atoms with Crippen LogP contribution in [0.4, 0.5) is 0 Å². The molecule has 2 rings (SSSR count). The van der Waals surface area contributed by atoms with Crippen molar-refractivity contribution in [3.05, 3.63) is 30.1 Å². The largest absolute Gasteiger partial charge is 0.345 e. The van der Waals surface area contributed by atoms with Gasteiger partial charge in [0.2, 0.25) is 9.05 Å². The number of benzene rings is 1. The summed E-state index contributed by atoms with van der Waals surface area (Å²) in [6.45, 7) is 1.56. The molecular formula is C9H9ClN2O2S. The molecule has 0 aliphatic rings. The highest BCUT2D eigenvalue weighted by atomic mass is 35.7. The van der Waals surface area contributed by atoms with Crippen LogP contribution in [0, 0.1) is 0 Å². The average molecular weight is 245 g/mol. The van der Waals surface area contributed by atoms with Crippen LogP contribution in [0.1, 0.15) is 17.7 Å². The van der Waals surface area contributed by atoms with Gasteiger partial charge in [-0.3, -0.25) is 0 Å². The van der Waals surface area contributed by atoms with E-state index in [1.54, 1.807) is 31.5 Å². The Bertz CT molecular complexity index is 591. The molecule has 1 aromatic carbocycles. The number of aromatic nitrogens is 2. The van der Waals surface area contributed by atoms with Crippen molar-refractivity contribution in [3.63, 3.8) is 0 Å². The van der Waals surface area contributed by atoms with Crippen LogP contribution in [0.3, 0.4) is 0 Å². The second-order valence-electron chi connectivity index (χ2n) is 3.30. The fraction of sp³-hybridized carbons (Fsp3) is 0.222. The highest BCUT2D eigenvalue weighted by Crippen LogP contribution is 2.26. The molecule has 6 heteroatoms. The first-order chi connectivity index (χ1) is 6.98. The predicted molar refractivity (Wildman–Crippen MR) is 59.3 cm³/mol. The van der Waals surface area contributed by atoms with Crippen LogP contribution in [0.15, 0.2) is 24.5 Å². The van der Waals surface area contributed by atoms with Gasteiger partial charge in [0.05, 0.1) is 22.6 Å². The third kappa shape index (κ3) is 1.98. The molecule has 0 saturated heterocycles. The summed E-state index contributed by atoms with van der Waals surface area (Å²) in [5.41, 5.74) is 2.26. The van der Waals surface area contributed by atoms with Crippen molar-refractivity contribution >= 4 is 30.8 Å². The topological polar surface area (TPSA) is 62.8 Å². The second-order valence-corrected chi connectivity index (χ2v) is 6.25. The summed E-state index contributed by atoms with van der Waals surface area (Å²) in [7, 11) is 1.72. The van der Waals surface area contributed by atoms with E-state index in [9.17, 15) is 8.42 Å². The fourth-order valence-electron chi connectivity index (χ4n) is 1.37. The van der Waals surface area contributed by atoms with Crippen LogP contribution in [-0.4, -0.2) is 18.4 Å². The number of H-pyrrole nitrogens is 1. The van der Waals surface area contributed by atoms with Crippen LogP contribution in [-0.2, 0) is 9.05 Å². The van der Waals surface area contributed by atoms with E-state index in [1.807, 2.05) is 0 Å². The first-order valence-electron chi connectivity index (χ1n) is 4.35. The minimum atomic E-state index is -3.57. The van der Waals surface area contributed by atoms with Crippen LogP contribution < -0.4 is 0 Å². The number of hydrogen-bond donors (Lipinski definition) is 1. The van der Waals surface area contributed by atoms with Gasteiger partial charge in [0.15, 0.2) is 0 Å². The van der Waals surface area contributed by atoms with E-state index in [0.717, 1.165) is 11.0 Å². The lowest BCUT2D eigenvalue weighted by atomic mass is 10.1. The van der Waals surface area contributed by atoms with Gasteiger partial charge in [-0.05, 0) is 24.6 Å². The lowest BCUT2D eigenvalue weighted by Gasteiger charge is -2.07. The highest BCUT2D eigenvalue weighted by molar-refractivity contribution is 8.13. The lowest BCUT2D eigenvalue weighted by molar-refractivity contribution is 0.600. The number of halogens is 1. The number of fused-ring (bicyclic) bond motifs is 1. The Morgan fingerprint density at radius 2 is 2.20 bits per heavy atom. The second kappa shape index (κ2) is 3.50. The van der Waals surface area contributed by atoms with Gasteiger partial charge in [-0.15, -0.1) is 0 Å². The molecule has 2 aromatic rings. The quantitative estimate of drug-likeness (QED) is 0.824. The molecule has 0 fully saturated rings. The van der Waals surface area contributed by atoms with E-state index in [4.69, 9.17) is 10.7 Å². The number of nitrogens with zero attached hydrogens (tertiary/aromatic N) is 1. The van der Waals surface area contributed by atoms with E-state index in [2.05, 4.69) is 9.97 Å². The molecule has 0 aliphatic heterocycles. The zero-order chi connectivity index (χ0) is 11.1. The van der Waals surface area contributed by atoms with E-state index in [1.165, 1.54) is 0 Å². The number of hydrogen-bond acceptors (Lipinski definition) is 3. The summed E-state index contributed by atoms with van der Waals surface area (Å²) in [4.78, 5) is 6.96. The van der Waals surface area contributed by atoms with Crippen molar-refractivity contribution < 1.29 is 8.42 Å². The van der Waals surface area contributed by atoms with Crippen molar-refractivity contribution in [1.82, 2.24) is 9.97 Å². The standard InChI is InChI=1S/C9H9ClN2O2S/c1-6(15(10,13)14)7-2-3-8-9(4-7)12-5-11-8/h2-6H,1H3,(H,11,12). The zero-order valence-electron chi connectivity index (χ0n) is 7.94. The molecule has 0 saturated carbocycles. The fourth-order valence-corrected chi connectivity index (χ4v) is 2.15. The molecule has 1 unspecified atom stereocenters. The summed E-state index contributed by atoms with van der Waals surface area (Å²) < 4.78 is 22.3. The molecule has 0 aliphatic carbocycles. The van der Waals surface area contributed by atoms with E-state index < -0.39 is 14.3 Å². The molecule has 1 aromatic heterocycles. The van der Waals surface area contributed by atoms with Gasteiger partial charge < -0.3 is 4.98 Å². The first-order valence-corrected chi connectivity index (χ1v) is 6.72. The maximum atomic E-state index is 11.1. The van der Waals surface area contributed by atoms with Crippen molar-refractivity contribution in [2.75, 3.05) is 0 Å². The molecule has 1 heterocycles. The monoisotopic (exact) mass is 244 g/mol. The van der Waals surface area contributed by atoms with Crippen LogP contribution in [0.5, 0.6) is 0 Å². The average Bonchev–Trinajstić information content (AvgIpc) is 2.61.